The van der Waals surface area contributed by atoms with Crippen LogP contribution in [-0.4, -0.2) is 17.1 Å². The molecule has 0 radical (unpaired) electrons. The molecule has 0 bridgehead atoms. The summed E-state index contributed by atoms with van der Waals surface area (Å²) in [5, 5.41) is 8.90. The number of rotatable bonds is 1. The lowest BCUT2D eigenvalue weighted by Crippen LogP contribution is -2.30. The van der Waals surface area contributed by atoms with Gasteiger partial charge in [0, 0.05) is 6.04 Å². The molecule has 76 valence electrons. The van der Waals surface area contributed by atoms with Gasteiger partial charge in [-0.05, 0) is 36.8 Å². The van der Waals surface area contributed by atoms with Crippen molar-refractivity contribution in [3.63, 3.8) is 0 Å². The van der Waals surface area contributed by atoms with Crippen molar-refractivity contribution in [2.75, 3.05) is 0 Å². The Morgan fingerprint density at radius 2 is 2.36 bits per heavy atom. The van der Waals surface area contributed by atoms with E-state index >= 15 is 0 Å². The quantitative estimate of drug-likeness (QED) is 0.662. The van der Waals surface area contributed by atoms with Crippen LogP contribution in [0.5, 0.6) is 0 Å². The van der Waals surface area contributed by atoms with Crippen LogP contribution in [-0.2, 0) is 4.79 Å². The lowest BCUT2D eigenvalue weighted by Gasteiger charge is -2.28. The molecule has 0 saturated carbocycles. The summed E-state index contributed by atoms with van der Waals surface area (Å²) in [6.07, 6.45) is 7.55. The Kier molecular flexibility index (Phi) is 2.42. The summed E-state index contributed by atoms with van der Waals surface area (Å²) >= 11 is 0. The van der Waals surface area contributed by atoms with Crippen molar-refractivity contribution < 1.29 is 9.90 Å². The number of aliphatic carboxylic acids is 1. The van der Waals surface area contributed by atoms with Gasteiger partial charge >= 0.3 is 5.97 Å². The van der Waals surface area contributed by atoms with E-state index in [1.807, 2.05) is 6.08 Å². The summed E-state index contributed by atoms with van der Waals surface area (Å²) in [6, 6.07) is 0.0885. The van der Waals surface area contributed by atoms with E-state index in [9.17, 15) is 4.79 Å². The van der Waals surface area contributed by atoms with E-state index in [1.54, 1.807) is 6.08 Å². The molecule has 14 heavy (non-hydrogen) atoms. The number of allylic oxidation sites excluding steroid dienone is 2. The molecule has 0 fully saturated rings. The molecule has 2 aliphatic carbocycles. The van der Waals surface area contributed by atoms with Gasteiger partial charge in [-0.1, -0.05) is 12.2 Å². The molecule has 0 spiro atoms. The van der Waals surface area contributed by atoms with Crippen LogP contribution in [0.25, 0.3) is 0 Å². The van der Waals surface area contributed by atoms with Gasteiger partial charge in [-0.3, -0.25) is 4.79 Å². The number of hydrogen-bond acceptors (Lipinski definition) is 2. The van der Waals surface area contributed by atoms with Crippen LogP contribution in [0.15, 0.2) is 23.3 Å². The number of nitrogens with two attached hydrogens (primary N) is 1. The molecule has 3 nitrogen and oxygen atoms in total. The molecule has 2 rings (SSSR count). The van der Waals surface area contributed by atoms with Gasteiger partial charge in [0.2, 0.25) is 0 Å². The van der Waals surface area contributed by atoms with Crippen LogP contribution in [0.4, 0.5) is 0 Å². The van der Waals surface area contributed by atoms with Gasteiger partial charge in [0.15, 0.2) is 0 Å². The zero-order valence-corrected chi connectivity index (χ0v) is 8.07. The molecule has 2 aliphatic rings. The van der Waals surface area contributed by atoms with E-state index in [2.05, 4.69) is 0 Å². The normalized spacial score (nSPS) is 31.5. The van der Waals surface area contributed by atoms with Crippen LogP contribution >= 0.6 is 0 Å². The lowest BCUT2D eigenvalue weighted by atomic mass is 9.79. The van der Waals surface area contributed by atoms with Crippen molar-refractivity contribution in [2.45, 2.75) is 31.7 Å². The van der Waals surface area contributed by atoms with E-state index in [4.69, 9.17) is 10.8 Å². The monoisotopic (exact) mass is 193 g/mol. The van der Waals surface area contributed by atoms with Crippen LogP contribution in [0, 0.1) is 5.92 Å². The third kappa shape index (κ3) is 1.60. The van der Waals surface area contributed by atoms with Crippen LogP contribution in [0.2, 0.25) is 0 Å². The number of hydrogen-bond donors (Lipinski definition) is 2. The van der Waals surface area contributed by atoms with Gasteiger partial charge < -0.3 is 10.8 Å². The summed E-state index contributed by atoms with van der Waals surface area (Å²) in [4.78, 5) is 10.8. The van der Waals surface area contributed by atoms with Crippen molar-refractivity contribution in [1.82, 2.24) is 0 Å². The fourth-order valence-electron chi connectivity index (χ4n) is 2.27. The second-order valence-electron chi connectivity index (χ2n) is 4.06. The van der Waals surface area contributed by atoms with E-state index < -0.39 is 5.97 Å². The smallest absolute Gasteiger partial charge is 0.310 e. The zero-order valence-electron chi connectivity index (χ0n) is 8.07. The Bertz CT molecular complexity index is 317. The summed E-state index contributed by atoms with van der Waals surface area (Å²) in [5.41, 5.74) is 8.42. The van der Waals surface area contributed by atoms with E-state index in [-0.39, 0.29) is 12.0 Å². The molecule has 3 N–H and O–H groups in total. The minimum atomic E-state index is -0.745. The molecule has 2 atom stereocenters. The molecule has 2 unspecified atom stereocenters. The fraction of sp³-hybridized carbons (Fsp3) is 0.545. The van der Waals surface area contributed by atoms with Crippen molar-refractivity contribution in [3.8, 4) is 0 Å². The predicted octanol–water partition coefficient (Wildman–Crippen LogP) is 1.45. The van der Waals surface area contributed by atoms with E-state index in [0.717, 1.165) is 19.3 Å². The molecule has 0 heterocycles. The summed E-state index contributed by atoms with van der Waals surface area (Å²) in [6.45, 7) is 0. The largest absolute Gasteiger partial charge is 0.481 e. The predicted molar refractivity (Wildman–Crippen MR) is 53.7 cm³/mol. The van der Waals surface area contributed by atoms with Gasteiger partial charge in [0.25, 0.3) is 0 Å². The van der Waals surface area contributed by atoms with Gasteiger partial charge in [0.1, 0.15) is 0 Å². The maximum atomic E-state index is 10.8. The third-order valence-electron chi connectivity index (χ3n) is 3.11. The topological polar surface area (TPSA) is 63.3 Å². The van der Waals surface area contributed by atoms with E-state index in [1.165, 1.54) is 11.1 Å². The number of carboxylic acids is 1. The SMILES string of the molecule is NC1CCCC2=C1CC(C(=O)O)C=C2. The second-order valence-corrected chi connectivity index (χ2v) is 4.06. The zero-order chi connectivity index (χ0) is 10.1. The molecule has 0 aromatic heterocycles. The molecule has 0 aromatic carbocycles. The first-order chi connectivity index (χ1) is 6.68. The minimum Gasteiger partial charge on any atom is -0.481 e. The molecule has 0 aliphatic heterocycles. The highest BCUT2D eigenvalue weighted by Gasteiger charge is 2.27. The number of carboxylic acid groups (broad SMARTS) is 1. The third-order valence-corrected chi connectivity index (χ3v) is 3.11. The van der Waals surface area contributed by atoms with Gasteiger partial charge in [-0.25, -0.2) is 0 Å². The maximum Gasteiger partial charge on any atom is 0.310 e. The van der Waals surface area contributed by atoms with E-state index in [0.29, 0.717) is 6.42 Å². The first kappa shape index (κ1) is 9.46. The molecule has 3 heteroatoms. The minimum absolute atomic E-state index is 0.0885. The van der Waals surface area contributed by atoms with Gasteiger partial charge in [-0.2, -0.15) is 0 Å². The molecular weight excluding hydrogens is 178 g/mol. The number of carbonyl (C=O) groups is 1. The molecule has 0 saturated heterocycles. The van der Waals surface area contributed by atoms with Crippen molar-refractivity contribution >= 4 is 5.97 Å². The summed E-state index contributed by atoms with van der Waals surface area (Å²) in [5.74, 6) is -1.11. The Morgan fingerprint density at radius 3 is 3.07 bits per heavy atom. The molecule has 0 amide bonds. The standard InChI is InChI=1S/C11H15NO2/c12-10-3-1-2-7-4-5-8(11(13)14)6-9(7)10/h4-5,8,10H,1-3,6,12H2,(H,13,14). The molecular formula is C11H15NO2. The second kappa shape index (κ2) is 3.58. The average Bonchev–Trinajstić information content (AvgIpc) is 2.18. The van der Waals surface area contributed by atoms with Crippen LogP contribution in [0.3, 0.4) is 0 Å². The van der Waals surface area contributed by atoms with Gasteiger partial charge in [0.05, 0.1) is 5.92 Å². The first-order valence-corrected chi connectivity index (χ1v) is 5.07. The van der Waals surface area contributed by atoms with Crippen LogP contribution in [0.1, 0.15) is 25.7 Å². The lowest BCUT2D eigenvalue weighted by molar-refractivity contribution is -0.140. The highest BCUT2D eigenvalue weighted by molar-refractivity contribution is 5.73. The molecule has 0 aromatic rings. The van der Waals surface area contributed by atoms with Crippen molar-refractivity contribution in [2.24, 2.45) is 11.7 Å². The highest BCUT2D eigenvalue weighted by Crippen LogP contribution is 2.33. The first-order valence-electron chi connectivity index (χ1n) is 5.07. The Morgan fingerprint density at radius 1 is 1.57 bits per heavy atom. The summed E-state index contributed by atoms with van der Waals surface area (Å²) in [7, 11) is 0. The summed E-state index contributed by atoms with van der Waals surface area (Å²) < 4.78 is 0. The average molecular weight is 193 g/mol. The highest BCUT2D eigenvalue weighted by atomic mass is 16.4. The Labute approximate surface area is 83.3 Å². The van der Waals surface area contributed by atoms with Crippen molar-refractivity contribution in [1.29, 1.82) is 0 Å². The van der Waals surface area contributed by atoms with Crippen molar-refractivity contribution in [3.05, 3.63) is 23.3 Å². The Hall–Kier alpha value is -1.09. The Balaban J connectivity index is 2.21. The maximum absolute atomic E-state index is 10.8. The van der Waals surface area contributed by atoms with Gasteiger partial charge in [-0.15, -0.1) is 0 Å². The fourth-order valence-corrected chi connectivity index (χ4v) is 2.27. The van der Waals surface area contributed by atoms with Crippen LogP contribution < -0.4 is 5.73 Å².